The van der Waals surface area contributed by atoms with Crippen molar-refractivity contribution >= 4 is 5.97 Å². The zero-order valence-corrected chi connectivity index (χ0v) is 23.7. The van der Waals surface area contributed by atoms with E-state index in [-0.39, 0.29) is 18.3 Å². The van der Waals surface area contributed by atoms with Gasteiger partial charge in [-0.3, -0.25) is 14.1 Å². The van der Waals surface area contributed by atoms with Crippen molar-refractivity contribution in [1.29, 1.82) is 0 Å². The molecular weight excluding hydrogens is 520 g/mol. The molecular formula is C30H34N8O3. The highest BCUT2D eigenvalue weighted by Crippen LogP contribution is 2.28. The SMILES string of the molecule is CCCCc1cn(-c2c(C(=O)OCC)ccn2C(C)C)c(=O)n1Cc1ccc(-c2ccccc2-c2nn[nH]n2)nc1. The molecule has 5 aromatic rings. The topological polar surface area (TPSA) is 126 Å². The number of carbonyl (C=O) groups excluding carboxylic acids is 1. The number of nitrogens with zero attached hydrogens (tertiary/aromatic N) is 7. The fraction of sp³-hybridized carbons (Fsp3) is 0.333. The predicted octanol–water partition coefficient (Wildman–Crippen LogP) is 4.83. The number of hydrogen-bond donors (Lipinski definition) is 1. The number of carbonyl (C=O) groups is 1. The van der Waals surface area contributed by atoms with E-state index in [4.69, 9.17) is 9.72 Å². The van der Waals surface area contributed by atoms with Gasteiger partial charge in [0, 0.05) is 41.5 Å². The second-order valence-electron chi connectivity index (χ2n) is 10.1. The lowest BCUT2D eigenvalue weighted by atomic mass is 10.0. The van der Waals surface area contributed by atoms with Gasteiger partial charge in [-0.15, -0.1) is 10.2 Å². The van der Waals surface area contributed by atoms with Crippen LogP contribution in [0.2, 0.25) is 0 Å². The number of ether oxygens (including phenoxy) is 1. The highest BCUT2D eigenvalue weighted by molar-refractivity contribution is 5.93. The van der Waals surface area contributed by atoms with Gasteiger partial charge in [0.1, 0.15) is 11.4 Å². The molecule has 0 atom stereocenters. The van der Waals surface area contributed by atoms with E-state index in [2.05, 4.69) is 27.5 Å². The highest BCUT2D eigenvalue weighted by atomic mass is 16.5. The number of esters is 1. The summed E-state index contributed by atoms with van der Waals surface area (Å²) in [6.07, 6.45) is 8.14. The van der Waals surface area contributed by atoms with E-state index in [1.54, 1.807) is 28.3 Å². The molecule has 212 valence electrons. The first-order valence-electron chi connectivity index (χ1n) is 13.9. The molecule has 1 aromatic carbocycles. The summed E-state index contributed by atoms with van der Waals surface area (Å²) in [6.45, 7) is 8.53. The number of nitrogens with one attached hydrogen (secondary N) is 1. The zero-order valence-electron chi connectivity index (χ0n) is 23.7. The number of aromatic amines is 1. The van der Waals surface area contributed by atoms with E-state index in [1.807, 2.05) is 67.2 Å². The largest absolute Gasteiger partial charge is 0.462 e. The number of tetrazole rings is 1. The van der Waals surface area contributed by atoms with Gasteiger partial charge in [0.2, 0.25) is 5.82 Å². The van der Waals surface area contributed by atoms with Gasteiger partial charge in [-0.2, -0.15) is 5.21 Å². The maximum absolute atomic E-state index is 13.9. The predicted molar refractivity (Wildman–Crippen MR) is 155 cm³/mol. The van der Waals surface area contributed by atoms with Crippen LogP contribution in [0.3, 0.4) is 0 Å². The summed E-state index contributed by atoms with van der Waals surface area (Å²) in [5.41, 5.74) is 4.40. The van der Waals surface area contributed by atoms with Crippen LogP contribution >= 0.6 is 0 Å². The van der Waals surface area contributed by atoms with Crippen LogP contribution in [0.4, 0.5) is 0 Å². The first kappa shape index (κ1) is 27.8. The van der Waals surface area contributed by atoms with Crippen LogP contribution in [0.5, 0.6) is 0 Å². The Morgan fingerprint density at radius 3 is 2.54 bits per heavy atom. The Morgan fingerprint density at radius 1 is 1.07 bits per heavy atom. The second kappa shape index (κ2) is 12.2. The van der Waals surface area contributed by atoms with Crippen molar-refractivity contribution in [3.8, 4) is 28.5 Å². The van der Waals surface area contributed by atoms with E-state index in [9.17, 15) is 9.59 Å². The van der Waals surface area contributed by atoms with Crippen molar-refractivity contribution in [3.63, 3.8) is 0 Å². The monoisotopic (exact) mass is 554 g/mol. The van der Waals surface area contributed by atoms with Crippen LogP contribution in [-0.2, 0) is 17.7 Å². The Morgan fingerprint density at radius 2 is 1.88 bits per heavy atom. The number of unbranched alkanes of at least 4 members (excludes halogenated alkanes) is 1. The van der Waals surface area contributed by atoms with Crippen LogP contribution in [-0.4, -0.2) is 51.9 Å². The van der Waals surface area contributed by atoms with Crippen molar-refractivity contribution in [2.75, 3.05) is 6.61 Å². The summed E-state index contributed by atoms with van der Waals surface area (Å²) in [6, 6.07) is 13.4. The summed E-state index contributed by atoms with van der Waals surface area (Å²) in [5.74, 6) is 0.567. The number of hydrogen-bond acceptors (Lipinski definition) is 7. The van der Waals surface area contributed by atoms with Crippen molar-refractivity contribution < 1.29 is 9.53 Å². The lowest BCUT2D eigenvalue weighted by Crippen LogP contribution is -2.27. The van der Waals surface area contributed by atoms with Gasteiger partial charge in [0.15, 0.2) is 0 Å². The molecule has 0 radical (unpaired) electrons. The number of H-pyrrole nitrogens is 1. The van der Waals surface area contributed by atoms with Gasteiger partial charge in [-0.1, -0.05) is 43.7 Å². The molecule has 0 fully saturated rings. The number of pyridine rings is 1. The van der Waals surface area contributed by atoms with Gasteiger partial charge in [0.05, 0.1) is 18.8 Å². The van der Waals surface area contributed by atoms with Crippen molar-refractivity contribution in [3.05, 3.63) is 88.4 Å². The second-order valence-corrected chi connectivity index (χ2v) is 10.1. The van der Waals surface area contributed by atoms with Gasteiger partial charge in [-0.25, -0.2) is 9.59 Å². The van der Waals surface area contributed by atoms with E-state index in [0.29, 0.717) is 23.8 Å². The Balaban J connectivity index is 1.52. The summed E-state index contributed by atoms with van der Waals surface area (Å²) < 4.78 is 10.6. The van der Waals surface area contributed by atoms with Crippen LogP contribution < -0.4 is 5.69 Å². The van der Waals surface area contributed by atoms with E-state index >= 15 is 0 Å². The van der Waals surface area contributed by atoms with Crippen LogP contribution in [0.1, 0.15) is 68.2 Å². The Bertz CT molecular complexity index is 1680. The lowest BCUT2D eigenvalue weighted by Gasteiger charge is -2.14. The molecule has 0 bridgehead atoms. The average Bonchev–Trinajstić information content (AvgIpc) is 3.73. The number of imidazole rings is 1. The minimum absolute atomic E-state index is 0.0367. The molecule has 4 heterocycles. The van der Waals surface area contributed by atoms with E-state index in [0.717, 1.165) is 47.3 Å². The lowest BCUT2D eigenvalue weighted by molar-refractivity contribution is 0.0526. The highest BCUT2D eigenvalue weighted by Gasteiger charge is 2.24. The molecule has 0 aliphatic rings. The van der Waals surface area contributed by atoms with Gasteiger partial charge >= 0.3 is 11.7 Å². The zero-order chi connectivity index (χ0) is 28.9. The molecule has 0 aliphatic heterocycles. The summed E-state index contributed by atoms with van der Waals surface area (Å²) >= 11 is 0. The minimum Gasteiger partial charge on any atom is -0.462 e. The third-order valence-electron chi connectivity index (χ3n) is 6.97. The Kier molecular flexibility index (Phi) is 8.23. The fourth-order valence-corrected chi connectivity index (χ4v) is 4.92. The van der Waals surface area contributed by atoms with Crippen LogP contribution in [0.15, 0.2) is 65.8 Å². The third kappa shape index (κ3) is 5.60. The van der Waals surface area contributed by atoms with Gasteiger partial charge in [0.25, 0.3) is 0 Å². The van der Waals surface area contributed by atoms with E-state index < -0.39 is 5.97 Å². The number of rotatable bonds is 11. The van der Waals surface area contributed by atoms with Gasteiger partial charge < -0.3 is 9.30 Å². The van der Waals surface area contributed by atoms with Crippen molar-refractivity contribution in [2.24, 2.45) is 0 Å². The molecule has 11 nitrogen and oxygen atoms in total. The molecule has 4 aromatic heterocycles. The van der Waals surface area contributed by atoms with Crippen molar-refractivity contribution in [1.82, 2.24) is 39.3 Å². The standard InChI is InChI=1S/C30H34N8O3/c1-5-7-10-22-19-38(28-25(29(39)41-6-2)15-16-36(28)20(3)4)30(40)37(22)18-21-13-14-26(31-17-21)23-11-8-9-12-24(23)27-32-34-35-33-27/h8-9,11-17,19-20H,5-7,10,18H2,1-4H3,(H,32,33,34,35). The molecule has 0 saturated heterocycles. The number of aromatic nitrogens is 8. The minimum atomic E-state index is -0.447. The first-order valence-corrected chi connectivity index (χ1v) is 13.9. The molecule has 0 unspecified atom stereocenters. The Hall–Kier alpha value is -4.80. The molecule has 0 amide bonds. The third-order valence-corrected chi connectivity index (χ3v) is 6.97. The summed E-state index contributed by atoms with van der Waals surface area (Å²) in [7, 11) is 0. The fourth-order valence-electron chi connectivity index (χ4n) is 4.92. The molecule has 1 N–H and O–H groups in total. The molecule has 5 rings (SSSR count). The first-order chi connectivity index (χ1) is 19.9. The number of benzene rings is 1. The van der Waals surface area contributed by atoms with Crippen LogP contribution in [0, 0.1) is 0 Å². The van der Waals surface area contributed by atoms with E-state index in [1.165, 1.54) is 0 Å². The average molecular weight is 555 g/mol. The smallest absolute Gasteiger partial charge is 0.341 e. The normalized spacial score (nSPS) is 11.3. The quantitative estimate of drug-likeness (QED) is 0.232. The molecule has 41 heavy (non-hydrogen) atoms. The van der Waals surface area contributed by atoms with Crippen molar-refractivity contribution in [2.45, 2.75) is 59.5 Å². The molecule has 11 heteroatoms. The Labute approximate surface area is 237 Å². The molecule has 0 saturated carbocycles. The van der Waals surface area contributed by atoms with Crippen LogP contribution in [0.25, 0.3) is 28.5 Å². The maximum atomic E-state index is 13.9. The maximum Gasteiger partial charge on any atom is 0.341 e. The number of aryl methyl sites for hydroxylation is 1. The molecule has 0 spiro atoms. The summed E-state index contributed by atoms with van der Waals surface area (Å²) in [4.78, 5) is 31.5. The molecule has 0 aliphatic carbocycles. The van der Waals surface area contributed by atoms with Gasteiger partial charge in [-0.05, 0) is 56.5 Å². The summed E-state index contributed by atoms with van der Waals surface area (Å²) in [5, 5.41) is 14.4.